The predicted octanol–water partition coefficient (Wildman–Crippen LogP) is 2.42. The minimum absolute atomic E-state index is 0.0687. The Morgan fingerprint density at radius 1 is 1.48 bits per heavy atom. The van der Waals surface area contributed by atoms with Crippen LogP contribution in [-0.2, 0) is 16.6 Å². The summed E-state index contributed by atoms with van der Waals surface area (Å²) in [5.41, 5.74) is 2.16. The highest BCUT2D eigenvalue weighted by molar-refractivity contribution is 9.10. The van der Waals surface area contributed by atoms with Gasteiger partial charge in [0.05, 0.1) is 28.2 Å². The third-order valence-corrected chi connectivity index (χ3v) is 5.87. The lowest BCUT2D eigenvalue weighted by Crippen LogP contribution is -2.26. The molecule has 1 N–H and O–H groups in total. The number of sulfonamides is 1. The number of aromatic nitrogens is 1. The van der Waals surface area contributed by atoms with Gasteiger partial charge in [-0.2, -0.15) is 4.31 Å². The van der Waals surface area contributed by atoms with Gasteiger partial charge in [0.25, 0.3) is 0 Å². The first kappa shape index (κ1) is 16.1. The molecule has 0 aliphatic rings. The molecular weight excluding hydrogens is 380 g/mol. The van der Waals surface area contributed by atoms with Gasteiger partial charge >= 0.3 is 5.97 Å². The largest absolute Gasteiger partial charge is 0.478 e. The van der Waals surface area contributed by atoms with Crippen molar-refractivity contribution in [2.75, 3.05) is 7.05 Å². The lowest BCUT2D eigenvalue weighted by molar-refractivity contribution is 0.0695. The van der Waals surface area contributed by atoms with Crippen molar-refractivity contribution in [1.29, 1.82) is 0 Å². The van der Waals surface area contributed by atoms with Gasteiger partial charge in [-0.25, -0.2) is 18.2 Å². The van der Waals surface area contributed by atoms with Crippen LogP contribution in [0.15, 0.2) is 38.5 Å². The SMILES string of the molecule is CN(Cc1cscn1)S(=O)(=O)c1ccc(Br)c(C(=O)O)c1. The standard InChI is InChI=1S/C12H11BrN2O4S2/c1-15(5-8-6-20-7-14-8)21(18,19)9-2-3-11(13)10(4-9)12(16)17/h2-4,6-7H,5H2,1H3,(H,16,17). The maximum atomic E-state index is 12.4. The number of halogens is 1. The van der Waals surface area contributed by atoms with Crippen LogP contribution in [0.1, 0.15) is 16.1 Å². The van der Waals surface area contributed by atoms with Crippen molar-refractivity contribution >= 4 is 43.3 Å². The second kappa shape index (κ2) is 6.22. The molecule has 2 aromatic rings. The highest BCUT2D eigenvalue weighted by Gasteiger charge is 2.23. The lowest BCUT2D eigenvalue weighted by Gasteiger charge is -2.16. The Bertz CT molecular complexity index is 760. The molecule has 0 spiro atoms. The van der Waals surface area contributed by atoms with E-state index in [1.807, 2.05) is 0 Å². The summed E-state index contributed by atoms with van der Waals surface area (Å²) in [5, 5.41) is 10.8. The Morgan fingerprint density at radius 2 is 2.19 bits per heavy atom. The van der Waals surface area contributed by atoms with E-state index in [2.05, 4.69) is 20.9 Å². The zero-order chi connectivity index (χ0) is 15.6. The Kier molecular flexibility index (Phi) is 4.77. The summed E-state index contributed by atoms with van der Waals surface area (Å²) < 4.78 is 26.3. The smallest absolute Gasteiger partial charge is 0.336 e. The van der Waals surface area contributed by atoms with E-state index >= 15 is 0 Å². The number of nitrogens with zero attached hydrogens (tertiary/aromatic N) is 2. The fourth-order valence-corrected chi connectivity index (χ4v) is 3.77. The van der Waals surface area contributed by atoms with Crippen LogP contribution in [0, 0.1) is 0 Å². The molecule has 0 saturated heterocycles. The molecule has 1 aromatic carbocycles. The second-order valence-corrected chi connectivity index (χ2v) is 7.81. The average molecular weight is 391 g/mol. The minimum atomic E-state index is -3.77. The van der Waals surface area contributed by atoms with Gasteiger partial charge in [-0.3, -0.25) is 0 Å². The van der Waals surface area contributed by atoms with Crippen molar-refractivity contribution in [2.45, 2.75) is 11.4 Å². The number of aromatic carboxylic acids is 1. The first-order chi connectivity index (χ1) is 9.82. The summed E-state index contributed by atoms with van der Waals surface area (Å²) >= 11 is 4.47. The van der Waals surface area contributed by atoms with Crippen LogP contribution in [0.25, 0.3) is 0 Å². The maximum absolute atomic E-state index is 12.4. The van der Waals surface area contributed by atoms with Crippen LogP contribution in [0.2, 0.25) is 0 Å². The summed E-state index contributed by atoms with van der Waals surface area (Å²) in [6, 6.07) is 3.91. The Hall–Kier alpha value is -1.29. The zero-order valence-electron chi connectivity index (χ0n) is 10.9. The van der Waals surface area contributed by atoms with E-state index in [-0.39, 0.29) is 17.0 Å². The van der Waals surface area contributed by atoms with E-state index in [0.29, 0.717) is 10.2 Å². The van der Waals surface area contributed by atoms with Gasteiger partial charge in [0.1, 0.15) is 0 Å². The highest BCUT2D eigenvalue weighted by atomic mass is 79.9. The molecule has 0 fully saturated rings. The molecule has 0 unspecified atom stereocenters. The van der Waals surface area contributed by atoms with Crippen LogP contribution in [0.5, 0.6) is 0 Å². The van der Waals surface area contributed by atoms with E-state index < -0.39 is 16.0 Å². The molecule has 0 saturated carbocycles. The fourth-order valence-electron chi connectivity index (χ4n) is 1.64. The Labute approximate surface area is 134 Å². The van der Waals surface area contributed by atoms with Crippen molar-refractivity contribution in [2.24, 2.45) is 0 Å². The van der Waals surface area contributed by atoms with Crippen molar-refractivity contribution < 1.29 is 18.3 Å². The molecule has 6 nitrogen and oxygen atoms in total. The zero-order valence-corrected chi connectivity index (χ0v) is 14.1. The number of hydrogen-bond acceptors (Lipinski definition) is 5. The topological polar surface area (TPSA) is 87.6 Å². The van der Waals surface area contributed by atoms with Crippen LogP contribution >= 0.6 is 27.3 Å². The van der Waals surface area contributed by atoms with E-state index in [1.54, 1.807) is 10.9 Å². The number of hydrogen-bond donors (Lipinski definition) is 1. The van der Waals surface area contributed by atoms with Gasteiger partial charge in [-0.1, -0.05) is 0 Å². The van der Waals surface area contributed by atoms with Crippen molar-refractivity contribution in [1.82, 2.24) is 9.29 Å². The van der Waals surface area contributed by atoms with E-state index in [4.69, 9.17) is 5.11 Å². The first-order valence-corrected chi connectivity index (χ1v) is 8.86. The summed E-state index contributed by atoms with van der Waals surface area (Å²) in [6.07, 6.45) is 0. The van der Waals surface area contributed by atoms with E-state index in [0.717, 1.165) is 10.4 Å². The molecule has 21 heavy (non-hydrogen) atoms. The van der Waals surface area contributed by atoms with Gasteiger partial charge in [0, 0.05) is 16.9 Å². The van der Waals surface area contributed by atoms with Gasteiger partial charge in [-0.05, 0) is 34.1 Å². The first-order valence-electron chi connectivity index (χ1n) is 5.68. The number of carboxylic acid groups (broad SMARTS) is 1. The Balaban J connectivity index is 2.35. The van der Waals surface area contributed by atoms with Crippen molar-refractivity contribution in [3.05, 3.63) is 44.8 Å². The third-order valence-electron chi connectivity index (χ3n) is 2.74. The Morgan fingerprint density at radius 3 is 2.76 bits per heavy atom. The van der Waals surface area contributed by atoms with E-state index in [1.165, 1.54) is 30.5 Å². The molecule has 1 aromatic heterocycles. The summed E-state index contributed by atoms with van der Waals surface area (Å²) in [5.74, 6) is -1.19. The number of carbonyl (C=O) groups is 1. The molecule has 0 atom stereocenters. The minimum Gasteiger partial charge on any atom is -0.478 e. The van der Waals surface area contributed by atoms with E-state index in [9.17, 15) is 13.2 Å². The number of carboxylic acids is 1. The maximum Gasteiger partial charge on any atom is 0.336 e. The molecule has 0 aliphatic carbocycles. The molecule has 0 bridgehead atoms. The van der Waals surface area contributed by atoms with Crippen molar-refractivity contribution in [3.63, 3.8) is 0 Å². The third kappa shape index (κ3) is 3.49. The normalized spacial score (nSPS) is 11.8. The van der Waals surface area contributed by atoms with Crippen molar-refractivity contribution in [3.8, 4) is 0 Å². The molecule has 112 valence electrons. The number of rotatable bonds is 5. The van der Waals surface area contributed by atoms with Gasteiger partial charge < -0.3 is 5.11 Å². The molecule has 1 heterocycles. The second-order valence-electron chi connectivity index (χ2n) is 4.19. The summed E-state index contributed by atoms with van der Waals surface area (Å²) in [4.78, 5) is 15.0. The highest BCUT2D eigenvalue weighted by Crippen LogP contribution is 2.23. The summed E-state index contributed by atoms with van der Waals surface area (Å²) in [6.45, 7) is 0.129. The van der Waals surface area contributed by atoms with Gasteiger partial charge in [-0.15, -0.1) is 11.3 Å². The fraction of sp³-hybridized carbons (Fsp3) is 0.167. The molecular formula is C12H11BrN2O4S2. The van der Waals surface area contributed by atoms with Crippen LogP contribution in [-0.4, -0.2) is 35.8 Å². The van der Waals surface area contributed by atoms with Gasteiger partial charge in [0.15, 0.2) is 0 Å². The van der Waals surface area contributed by atoms with Crippen LogP contribution in [0.4, 0.5) is 0 Å². The molecule has 0 radical (unpaired) electrons. The average Bonchev–Trinajstić information content (AvgIpc) is 2.91. The monoisotopic (exact) mass is 390 g/mol. The molecule has 0 amide bonds. The quantitative estimate of drug-likeness (QED) is 0.846. The lowest BCUT2D eigenvalue weighted by atomic mass is 10.2. The predicted molar refractivity (Wildman–Crippen MR) is 81.9 cm³/mol. The number of benzene rings is 1. The molecule has 2 rings (SSSR count). The molecule has 9 heteroatoms. The van der Waals surface area contributed by atoms with Crippen LogP contribution < -0.4 is 0 Å². The molecule has 0 aliphatic heterocycles. The van der Waals surface area contributed by atoms with Gasteiger partial charge in [0.2, 0.25) is 10.0 Å². The van der Waals surface area contributed by atoms with Crippen LogP contribution in [0.3, 0.4) is 0 Å². The number of thiazole rings is 1. The summed E-state index contributed by atoms with van der Waals surface area (Å²) in [7, 11) is -2.35.